The van der Waals surface area contributed by atoms with Crippen molar-refractivity contribution in [3.63, 3.8) is 0 Å². The van der Waals surface area contributed by atoms with Gasteiger partial charge in [0.25, 0.3) is 0 Å². The van der Waals surface area contributed by atoms with Gasteiger partial charge in [0.2, 0.25) is 0 Å². The molecule has 0 aliphatic carbocycles. The van der Waals surface area contributed by atoms with Gasteiger partial charge >= 0.3 is 0 Å². The summed E-state index contributed by atoms with van der Waals surface area (Å²) in [6.45, 7) is 4.32. The topological polar surface area (TPSA) is 44.8 Å². The molecule has 1 N–H and O–H groups in total. The van der Waals surface area contributed by atoms with E-state index < -0.39 is 0 Å². The predicted molar refractivity (Wildman–Crippen MR) is 126 cm³/mol. The van der Waals surface area contributed by atoms with E-state index in [4.69, 9.17) is 4.98 Å². The van der Waals surface area contributed by atoms with Crippen molar-refractivity contribution >= 4 is 0 Å². The number of aromatic amines is 1. The predicted octanol–water partition coefficient (Wildman–Crippen LogP) is 6.08. The van der Waals surface area contributed by atoms with Crippen LogP contribution >= 0.6 is 0 Å². The van der Waals surface area contributed by atoms with Gasteiger partial charge in [-0.1, -0.05) is 73.7 Å². The van der Waals surface area contributed by atoms with E-state index >= 15 is 0 Å². The summed E-state index contributed by atoms with van der Waals surface area (Å²) in [7, 11) is 0. The highest BCUT2D eigenvalue weighted by atomic mass is 15.2. The van der Waals surface area contributed by atoms with Gasteiger partial charge in [0.15, 0.2) is 0 Å². The summed E-state index contributed by atoms with van der Waals surface area (Å²) in [5, 5.41) is 0. The molecule has 5 rings (SSSR count). The lowest BCUT2D eigenvalue weighted by Gasteiger charge is -2.39. The first-order valence-corrected chi connectivity index (χ1v) is 11.2. The molecule has 0 spiro atoms. The van der Waals surface area contributed by atoms with Gasteiger partial charge in [-0.3, -0.25) is 9.88 Å². The Morgan fingerprint density at radius 1 is 0.903 bits per heavy atom. The maximum Gasteiger partial charge on any atom is 0.138 e. The molecule has 0 unspecified atom stereocenters. The molecule has 4 heteroatoms. The van der Waals surface area contributed by atoms with Gasteiger partial charge in [-0.25, -0.2) is 4.98 Å². The highest BCUT2D eigenvalue weighted by Gasteiger charge is 2.32. The Morgan fingerprint density at radius 3 is 2.35 bits per heavy atom. The molecule has 0 bridgehead atoms. The van der Waals surface area contributed by atoms with E-state index in [2.05, 4.69) is 82.5 Å². The van der Waals surface area contributed by atoms with Crippen molar-refractivity contribution in [3.8, 4) is 22.8 Å². The van der Waals surface area contributed by atoms with E-state index in [1.807, 2.05) is 24.4 Å². The van der Waals surface area contributed by atoms with Crippen molar-refractivity contribution in [3.05, 3.63) is 96.3 Å². The number of likely N-dealkylation sites (tertiary alicyclic amines) is 1. The zero-order valence-electron chi connectivity index (χ0n) is 17.9. The third-order valence-corrected chi connectivity index (χ3v) is 6.37. The average Bonchev–Trinajstić information content (AvgIpc) is 3.31. The van der Waals surface area contributed by atoms with E-state index in [1.165, 1.54) is 11.3 Å². The van der Waals surface area contributed by atoms with Crippen LogP contribution in [-0.2, 0) is 0 Å². The number of aromatic nitrogens is 3. The molecule has 156 valence electrons. The van der Waals surface area contributed by atoms with E-state index in [0.29, 0.717) is 12.0 Å². The highest BCUT2D eigenvalue weighted by Crippen LogP contribution is 2.40. The van der Waals surface area contributed by atoms with E-state index in [-0.39, 0.29) is 0 Å². The second-order valence-electron chi connectivity index (χ2n) is 8.22. The largest absolute Gasteiger partial charge is 0.341 e. The van der Waals surface area contributed by atoms with E-state index in [1.54, 1.807) is 0 Å². The third-order valence-electron chi connectivity index (χ3n) is 6.37. The van der Waals surface area contributed by atoms with Crippen LogP contribution < -0.4 is 0 Å². The van der Waals surface area contributed by atoms with Crippen molar-refractivity contribution in [1.82, 2.24) is 19.9 Å². The molecule has 0 radical (unpaired) electrons. The van der Waals surface area contributed by atoms with Crippen LogP contribution in [0.4, 0.5) is 0 Å². The fraction of sp³-hybridized carbons (Fsp3) is 0.259. The van der Waals surface area contributed by atoms with Crippen molar-refractivity contribution in [2.45, 2.75) is 31.7 Å². The first-order chi connectivity index (χ1) is 15.3. The number of hydrogen-bond donors (Lipinski definition) is 1. The van der Waals surface area contributed by atoms with Gasteiger partial charge < -0.3 is 4.98 Å². The van der Waals surface area contributed by atoms with Crippen LogP contribution in [0.2, 0.25) is 0 Å². The summed E-state index contributed by atoms with van der Waals surface area (Å²) in [6.07, 6.45) is 4.12. The van der Waals surface area contributed by atoms with Gasteiger partial charge in [-0.05, 0) is 37.1 Å². The summed E-state index contributed by atoms with van der Waals surface area (Å²) in [5.74, 6) is 1.33. The minimum absolute atomic E-state index is 0.405. The van der Waals surface area contributed by atoms with Crippen LogP contribution in [0.15, 0.2) is 85.1 Å². The number of nitrogens with zero attached hydrogens (tertiary/aromatic N) is 3. The molecule has 0 saturated carbocycles. The fourth-order valence-electron chi connectivity index (χ4n) is 4.79. The van der Waals surface area contributed by atoms with Crippen molar-refractivity contribution in [2.24, 2.45) is 0 Å². The molecule has 4 nitrogen and oxygen atoms in total. The molecule has 4 aromatic rings. The van der Waals surface area contributed by atoms with Crippen LogP contribution in [0.5, 0.6) is 0 Å². The summed E-state index contributed by atoms with van der Waals surface area (Å²) in [6, 6.07) is 27.8. The normalized spacial score (nSPS) is 19.4. The minimum Gasteiger partial charge on any atom is -0.341 e. The Hall–Kier alpha value is -3.24. The number of H-pyrrole nitrogens is 1. The number of rotatable bonds is 5. The van der Waals surface area contributed by atoms with Crippen LogP contribution in [0, 0.1) is 0 Å². The van der Waals surface area contributed by atoms with E-state index in [9.17, 15) is 0 Å². The smallest absolute Gasteiger partial charge is 0.138 e. The lowest BCUT2D eigenvalue weighted by Crippen LogP contribution is -2.37. The second kappa shape index (κ2) is 8.86. The lowest BCUT2D eigenvalue weighted by atomic mass is 9.86. The molecule has 2 atom stereocenters. The quantitative estimate of drug-likeness (QED) is 0.435. The highest BCUT2D eigenvalue weighted by molar-refractivity contribution is 5.65. The maximum atomic E-state index is 5.02. The van der Waals surface area contributed by atoms with Gasteiger partial charge in [-0.2, -0.15) is 0 Å². The minimum atomic E-state index is 0.405. The number of likely N-dealkylation sites (N-methyl/N-ethyl adjacent to an activating group) is 1. The fourth-order valence-corrected chi connectivity index (χ4v) is 4.79. The number of hydrogen-bond acceptors (Lipinski definition) is 3. The molecular formula is C27H28N4. The zero-order chi connectivity index (χ0) is 21.0. The summed E-state index contributed by atoms with van der Waals surface area (Å²) < 4.78 is 0. The van der Waals surface area contributed by atoms with Gasteiger partial charge in [-0.15, -0.1) is 0 Å². The third kappa shape index (κ3) is 4.04. The summed E-state index contributed by atoms with van der Waals surface area (Å²) >= 11 is 0. The Bertz CT molecular complexity index is 1110. The number of nitrogens with one attached hydrogen (secondary N) is 1. The Morgan fingerprint density at radius 2 is 1.65 bits per heavy atom. The average molecular weight is 409 g/mol. The molecule has 3 heterocycles. The van der Waals surface area contributed by atoms with Crippen LogP contribution in [0.25, 0.3) is 22.8 Å². The van der Waals surface area contributed by atoms with Crippen LogP contribution in [-0.4, -0.2) is 32.9 Å². The van der Waals surface area contributed by atoms with Crippen molar-refractivity contribution in [2.75, 3.05) is 13.1 Å². The van der Waals surface area contributed by atoms with Crippen molar-refractivity contribution < 1.29 is 0 Å². The molecule has 1 fully saturated rings. The van der Waals surface area contributed by atoms with Gasteiger partial charge in [0, 0.05) is 36.0 Å². The SMILES string of the molecule is CCN1C[C@@H](c2[nH]c(-c3ccccc3)nc2-c2ccccn2)CC[C@@H]1c1ccccc1. The first kappa shape index (κ1) is 19.7. The second-order valence-corrected chi connectivity index (χ2v) is 8.22. The van der Waals surface area contributed by atoms with Gasteiger partial charge in [0.05, 0.1) is 5.69 Å². The Labute approximate surface area is 184 Å². The summed E-state index contributed by atoms with van der Waals surface area (Å²) in [4.78, 5) is 15.9. The number of imidazole rings is 1. The molecule has 1 saturated heterocycles. The molecule has 2 aromatic carbocycles. The molecule has 1 aliphatic rings. The van der Waals surface area contributed by atoms with Crippen LogP contribution in [0.3, 0.4) is 0 Å². The number of piperidine rings is 1. The Balaban J connectivity index is 1.50. The molecular weight excluding hydrogens is 380 g/mol. The molecule has 0 amide bonds. The lowest BCUT2D eigenvalue weighted by molar-refractivity contribution is 0.139. The summed E-state index contributed by atoms with van der Waals surface area (Å²) in [5.41, 5.74) is 5.66. The first-order valence-electron chi connectivity index (χ1n) is 11.2. The van der Waals surface area contributed by atoms with Gasteiger partial charge in [0.1, 0.15) is 11.5 Å². The zero-order valence-corrected chi connectivity index (χ0v) is 17.9. The molecule has 31 heavy (non-hydrogen) atoms. The molecule has 1 aliphatic heterocycles. The standard InChI is InChI=1S/C27H28N4/c1-2-31-19-22(16-17-24(31)20-11-5-3-6-12-20)25-26(23-15-9-10-18-28-23)30-27(29-25)21-13-7-4-8-14-21/h3-15,18,22,24H,2,16-17,19H2,1H3,(H,29,30)/t22-,24+/m0/s1. The van der Waals surface area contributed by atoms with E-state index in [0.717, 1.165) is 48.7 Å². The van der Waals surface area contributed by atoms with Crippen LogP contribution in [0.1, 0.15) is 43.0 Å². The number of pyridine rings is 1. The Kier molecular flexibility index (Phi) is 5.63. The molecule has 2 aromatic heterocycles. The van der Waals surface area contributed by atoms with Crippen molar-refractivity contribution in [1.29, 1.82) is 0 Å². The number of benzene rings is 2. The monoisotopic (exact) mass is 408 g/mol. The maximum absolute atomic E-state index is 5.02.